The Labute approximate surface area is 227 Å². The molecule has 6 rings (SSSR count). The van der Waals surface area contributed by atoms with Gasteiger partial charge in [0.15, 0.2) is 17.2 Å². The van der Waals surface area contributed by atoms with Crippen molar-refractivity contribution in [3.63, 3.8) is 0 Å². The number of nitrogen functional groups attached to an aromatic ring is 1. The number of para-hydroxylation sites is 1. The van der Waals surface area contributed by atoms with Crippen LogP contribution >= 0.6 is 0 Å². The van der Waals surface area contributed by atoms with E-state index in [1.807, 2.05) is 48.5 Å². The van der Waals surface area contributed by atoms with Gasteiger partial charge in [0.1, 0.15) is 12.4 Å². The lowest BCUT2D eigenvalue weighted by molar-refractivity contribution is -0.577. The van der Waals surface area contributed by atoms with Crippen molar-refractivity contribution in [1.82, 2.24) is 30.2 Å². The fourth-order valence-electron chi connectivity index (χ4n) is 4.96. The number of carbonyl (C=O) groups is 2. The summed E-state index contributed by atoms with van der Waals surface area (Å²) in [6, 6.07) is 17.6. The van der Waals surface area contributed by atoms with Gasteiger partial charge >= 0.3 is 5.65 Å². The van der Waals surface area contributed by atoms with Crippen LogP contribution in [0.25, 0.3) is 22.1 Å². The monoisotopic (exact) mass is 533 g/mol. The summed E-state index contributed by atoms with van der Waals surface area (Å²) in [5, 5.41) is 13.5. The van der Waals surface area contributed by atoms with Crippen molar-refractivity contribution in [2.75, 3.05) is 5.73 Å². The van der Waals surface area contributed by atoms with E-state index >= 15 is 0 Å². The number of anilines is 1. The predicted octanol–water partition coefficient (Wildman–Crippen LogP) is 2.67. The number of ketones is 1. The summed E-state index contributed by atoms with van der Waals surface area (Å²) < 4.78 is 3.14. The van der Waals surface area contributed by atoms with Crippen LogP contribution in [0.15, 0.2) is 90.2 Å². The van der Waals surface area contributed by atoms with Gasteiger partial charge in [-0.3, -0.25) is 24.0 Å². The molecular weight excluding hydrogens is 508 g/mol. The van der Waals surface area contributed by atoms with E-state index in [1.165, 1.54) is 12.4 Å². The van der Waals surface area contributed by atoms with Gasteiger partial charge in [-0.2, -0.15) is 5.10 Å². The maximum Gasteiger partial charge on any atom is 0.362 e. The molecule has 4 heterocycles. The van der Waals surface area contributed by atoms with Crippen molar-refractivity contribution < 1.29 is 14.1 Å². The van der Waals surface area contributed by atoms with Gasteiger partial charge < -0.3 is 11.1 Å². The van der Waals surface area contributed by atoms with Crippen LogP contribution in [0.3, 0.4) is 0 Å². The Balaban J connectivity index is 1.46. The topological polar surface area (TPSA) is 156 Å². The molecule has 0 bridgehead atoms. The fourth-order valence-corrected chi connectivity index (χ4v) is 4.96. The Bertz CT molecular complexity index is 1940. The maximum absolute atomic E-state index is 14.2. The van der Waals surface area contributed by atoms with Crippen LogP contribution in [0, 0.1) is 0 Å². The van der Waals surface area contributed by atoms with E-state index in [0.717, 1.165) is 0 Å². The van der Waals surface area contributed by atoms with Gasteiger partial charge in [-0.25, -0.2) is 5.10 Å². The summed E-state index contributed by atoms with van der Waals surface area (Å²) in [5.74, 6) is -0.414. The molecule has 0 saturated heterocycles. The number of fused-ring (bicyclic) bond motifs is 2. The molecule has 0 spiro atoms. The first-order valence-corrected chi connectivity index (χ1v) is 12.6. The summed E-state index contributed by atoms with van der Waals surface area (Å²) in [5.41, 5.74) is 8.66. The number of pyridine rings is 1. The molecule has 2 aromatic carbocycles. The smallest absolute Gasteiger partial charge is 0.362 e. The van der Waals surface area contributed by atoms with Crippen molar-refractivity contribution in [3.8, 4) is 5.69 Å². The Morgan fingerprint density at radius 1 is 1.12 bits per heavy atom. The zero-order valence-corrected chi connectivity index (χ0v) is 21.5. The Kier molecular flexibility index (Phi) is 6.15. The van der Waals surface area contributed by atoms with Crippen LogP contribution in [0.2, 0.25) is 0 Å². The number of Topliss-reactive ketones (excluding diaryl/α,β-unsaturated/α-hetero) is 1. The lowest BCUT2D eigenvalue weighted by Crippen LogP contribution is -2.33. The highest BCUT2D eigenvalue weighted by molar-refractivity contribution is 6.03. The summed E-state index contributed by atoms with van der Waals surface area (Å²) in [6.45, 7) is 1.80. The van der Waals surface area contributed by atoms with Crippen molar-refractivity contribution in [1.29, 1.82) is 0 Å². The molecule has 0 fully saturated rings. The molecule has 198 valence electrons. The molecular formula is C29H25N8O3+. The van der Waals surface area contributed by atoms with Crippen molar-refractivity contribution >= 4 is 33.9 Å². The molecule has 1 atom stereocenters. The Hall–Kier alpha value is -5.58. The second kappa shape index (κ2) is 9.95. The number of aromatic nitrogens is 6. The van der Waals surface area contributed by atoms with E-state index in [0.29, 0.717) is 38.9 Å². The van der Waals surface area contributed by atoms with E-state index in [2.05, 4.69) is 25.6 Å². The quantitative estimate of drug-likeness (QED) is 0.183. The van der Waals surface area contributed by atoms with Gasteiger partial charge in [0.05, 0.1) is 23.2 Å². The second-order valence-corrected chi connectivity index (χ2v) is 9.42. The first kappa shape index (κ1) is 24.7. The summed E-state index contributed by atoms with van der Waals surface area (Å²) >= 11 is 0. The zero-order valence-electron chi connectivity index (χ0n) is 21.5. The summed E-state index contributed by atoms with van der Waals surface area (Å²) in [6.07, 6.45) is 6.33. The number of hydrogen-bond donors (Lipinski definition) is 4. The SMILES string of the molecule is CC(NC(=O)c1c(N)[nH][n+]2cccnc12)c1cc2cccc(CC(=O)c3cn[nH]c3)c2c(=O)n1-c1ccccc1. The number of nitrogens with two attached hydrogens (primary N) is 1. The van der Waals surface area contributed by atoms with E-state index in [1.54, 1.807) is 40.5 Å². The largest absolute Gasteiger partial charge is 0.382 e. The number of rotatable bonds is 7. The van der Waals surface area contributed by atoms with Gasteiger partial charge in [-0.1, -0.05) is 36.4 Å². The number of benzene rings is 2. The molecule has 0 aliphatic carbocycles. The molecule has 1 unspecified atom stereocenters. The first-order chi connectivity index (χ1) is 19.4. The minimum absolute atomic E-state index is 0.0387. The van der Waals surface area contributed by atoms with Gasteiger partial charge in [0, 0.05) is 30.1 Å². The molecule has 0 radical (unpaired) electrons. The lowest BCUT2D eigenvalue weighted by Gasteiger charge is -2.21. The number of amides is 1. The zero-order chi connectivity index (χ0) is 27.8. The third-order valence-corrected chi connectivity index (χ3v) is 6.85. The molecule has 0 aliphatic heterocycles. The van der Waals surface area contributed by atoms with E-state index in [4.69, 9.17) is 5.73 Å². The minimum Gasteiger partial charge on any atom is -0.382 e. The average Bonchev–Trinajstić information content (AvgIpc) is 3.61. The molecule has 11 nitrogen and oxygen atoms in total. The Morgan fingerprint density at radius 3 is 2.73 bits per heavy atom. The van der Waals surface area contributed by atoms with Crippen LogP contribution in [0.1, 0.15) is 44.9 Å². The number of H-pyrrole nitrogens is 2. The van der Waals surface area contributed by atoms with E-state index < -0.39 is 11.9 Å². The number of aromatic amines is 2. The highest BCUT2D eigenvalue weighted by Gasteiger charge is 2.27. The minimum atomic E-state index is -0.598. The normalized spacial score (nSPS) is 12.0. The fraction of sp³-hybridized carbons (Fsp3) is 0.103. The van der Waals surface area contributed by atoms with Crippen LogP contribution in [-0.4, -0.2) is 36.5 Å². The number of nitrogens with one attached hydrogen (secondary N) is 3. The lowest BCUT2D eigenvalue weighted by atomic mass is 9.98. The van der Waals surface area contributed by atoms with Gasteiger partial charge in [0.25, 0.3) is 11.5 Å². The van der Waals surface area contributed by atoms with Crippen molar-refractivity contribution in [2.45, 2.75) is 19.4 Å². The molecule has 11 heteroatoms. The van der Waals surface area contributed by atoms with Crippen LogP contribution in [0.4, 0.5) is 5.82 Å². The number of carbonyl (C=O) groups excluding carboxylic acids is 2. The third-order valence-electron chi connectivity index (χ3n) is 6.85. The highest BCUT2D eigenvalue weighted by Crippen LogP contribution is 2.25. The highest BCUT2D eigenvalue weighted by atomic mass is 16.2. The maximum atomic E-state index is 14.2. The van der Waals surface area contributed by atoms with E-state index in [-0.39, 0.29) is 29.1 Å². The summed E-state index contributed by atoms with van der Waals surface area (Å²) in [4.78, 5) is 44.7. The molecule has 0 aliphatic rings. The molecule has 4 aromatic heterocycles. The molecule has 6 aromatic rings. The van der Waals surface area contributed by atoms with Gasteiger partial charge in [-0.15, -0.1) is 4.52 Å². The van der Waals surface area contributed by atoms with Crippen molar-refractivity contribution in [3.05, 3.63) is 118 Å². The molecule has 1 amide bonds. The average molecular weight is 534 g/mol. The van der Waals surface area contributed by atoms with Crippen LogP contribution < -0.4 is 21.1 Å². The standard InChI is InChI=1S/C29H24N8O3/c1-17(34-28(39)25-26(30)35-36-12-6-11-31-27(25)36)22-13-18-7-5-8-19(14-23(38)20-15-32-33-16-20)24(18)29(40)37(22)21-9-3-2-4-10-21/h2-13,15-17H,14H2,1H3,(H4,30,32,33,34,35,38,39)/p+1. The predicted molar refractivity (Wildman–Crippen MR) is 148 cm³/mol. The van der Waals surface area contributed by atoms with E-state index in [9.17, 15) is 14.4 Å². The molecule has 0 saturated carbocycles. The molecule has 40 heavy (non-hydrogen) atoms. The van der Waals surface area contributed by atoms with Crippen LogP contribution in [0.5, 0.6) is 0 Å². The number of hydrogen-bond acceptors (Lipinski definition) is 6. The number of nitrogens with zero attached hydrogens (tertiary/aromatic N) is 4. The summed E-state index contributed by atoms with van der Waals surface area (Å²) in [7, 11) is 0. The van der Waals surface area contributed by atoms with Gasteiger partial charge in [0.2, 0.25) is 0 Å². The Morgan fingerprint density at radius 2 is 1.95 bits per heavy atom. The van der Waals surface area contributed by atoms with Crippen LogP contribution in [-0.2, 0) is 6.42 Å². The second-order valence-electron chi connectivity index (χ2n) is 9.42. The van der Waals surface area contributed by atoms with Crippen molar-refractivity contribution in [2.24, 2.45) is 0 Å². The third kappa shape index (κ3) is 4.29. The van der Waals surface area contributed by atoms with Gasteiger partial charge in [-0.05, 0) is 41.1 Å². The molecule has 5 N–H and O–H groups in total. The first-order valence-electron chi connectivity index (χ1n) is 12.6.